The molecule has 3 heterocycles. The lowest BCUT2D eigenvalue weighted by atomic mass is 9.95. The van der Waals surface area contributed by atoms with E-state index in [-0.39, 0.29) is 46.0 Å². The number of thioether (sulfide) groups is 1. The van der Waals surface area contributed by atoms with Crippen LogP contribution in [0.4, 0.5) is 27.8 Å². The van der Waals surface area contributed by atoms with Crippen LogP contribution in [0.2, 0.25) is 0 Å². The Morgan fingerprint density at radius 3 is 2.46 bits per heavy atom. The van der Waals surface area contributed by atoms with E-state index in [1.165, 1.54) is 4.57 Å². The molecular formula is C28H32F5N5O2S. The van der Waals surface area contributed by atoms with Gasteiger partial charge in [-0.15, -0.1) is 11.8 Å². The van der Waals surface area contributed by atoms with E-state index >= 15 is 4.39 Å². The fourth-order valence-electron chi connectivity index (χ4n) is 5.56. The van der Waals surface area contributed by atoms with Crippen LogP contribution in [0.5, 0.6) is 0 Å². The molecule has 3 aromatic rings. The molecular weight excluding hydrogens is 565 g/mol. The maximum atomic E-state index is 15.2. The van der Waals surface area contributed by atoms with Crippen molar-refractivity contribution in [1.82, 2.24) is 19.8 Å². The van der Waals surface area contributed by atoms with Gasteiger partial charge in [0.15, 0.2) is 0 Å². The van der Waals surface area contributed by atoms with E-state index in [0.29, 0.717) is 32.3 Å². The molecule has 0 unspecified atom stereocenters. The van der Waals surface area contributed by atoms with Crippen LogP contribution in [-0.4, -0.2) is 78.7 Å². The first-order chi connectivity index (χ1) is 19.3. The van der Waals surface area contributed by atoms with E-state index in [4.69, 9.17) is 4.74 Å². The lowest BCUT2D eigenvalue weighted by Gasteiger charge is -2.37. The van der Waals surface area contributed by atoms with Crippen molar-refractivity contribution in [1.29, 1.82) is 0 Å². The van der Waals surface area contributed by atoms with Crippen molar-refractivity contribution in [3.8, 4) is 11.1 Å². The molecule has 0 spiro atoms. The third-order valence-electron chi connectivity index (χ3n) is 7.25. The van der Waals surface area contributed by atoms with Crippen molar-refractivity contribution in [3.05, 3.63) is 51.9 Å². The Morgan fingerprint density at radius 2 is 1.83 bits per heavy atom. The minimum absolute atomic E-state index is 0.00621. The molecule has 0 bridgehead atoms. The molecule has 0 amide bonds. The Balaban J connectivity index is 1.80. The fraction of sp³-hybridized carbons (Fsp3) is 0.500. The zero-order chi connectivity index (χ0) is 29.6. The molecule has 2 aliphatic rings. The maximum absolute atomic E-state index is 15.2. The molecule has 0 saturated carbocycles. The van der Waals surface area contributed by atoms with Gasteiger partial charge in [-0.1, -0.05) is 0 Å². The summed E-state index contributed by atoms with van der Waals surface area (Å²) in [6.45, 7) is 5.80. The average Bonchev–Trinajstić information content (AvgIpc) is 3.06. The highest BCUT2D eigenvalue weighted by Gasteiger charge is 2.39. The molecule has 1 fully saturated rings. The Morgan fingerprint density at radius 1 is 1.12 bits per heavy atom. The highest BCUT2D eigenvalue weighted by atomic mass is 32.2. The minimum atomic E-state index is -4.88. The van der Waals surface area contributed by atoms with Gasteiger partial charge in [-0.05, 0) is 46.1 Å². The summed E-state index contributed by atoms with van der Waals surface area (Å²) in [6, 6.07) is 3.48. The van der Waals surface area contributed by atoms with Crippen molar-refractivity contribution < 1.29 is 26.7 Å². The number of benzene rings is 2. The number of aromatic nitrogens is 2. The summed E-state index contributed by atoms with van der Waals surface area (Å²) in [4.78, 5) is 21.8. The first-order valence-electron chi connectivity index (χ1n) is 13.4. The SMILES string of the molecule is C[C@@H]1CN(c2nc(=O)n3c4c(c(-c5ccc(F)cc5F)c(C(F)(F)F)cc24)SC[C@@H](OCCN(C)C)C3)C[C@H](C)N1. The Kier molecular flexibility index (Phi) is 8.34. The van der Waals surface area contributed by atoms with Crippen molar-refractivity contribution in [2.75, 3.05) is 51.0 Å². The molecule has 1 N–H and O–H groups in total. The van der Waals surface area contributed by atoms with Crippen LogP contribution in [0.15, 0.2) is 34.0 Å². The summed E-state index contributed by atoms with van der Waals surface area (Å²) in [5, 5.41) is 3.53. The van der Waals surface area contributed by atoms with Gasteiger partial charge in [0.2, 0.25) is 0 Å². The van der Waals surface area contributed by atoms with E-state index in [2.05, 4.69) is 10.3 Å². The predicted octanol–water partition coefficient (Wildman–Crippen LogP) is 4.60. The number of piperazine rings is 1. The quantitative estimate of drug-likeness (QED) is 0.417. The summed E-state index contributed by atoms with van der Waals surface area (Å²) < 4.78 is 80.6. The van der Waals surface area contributed by atoms with Crippen molar-refractivity contribution in [3.63, 3.8) is 0 Å². The topological polar surface area (TPSA) is 62.6 Å². The Labute approximate surface area is 238 Å². The minimum Gasteiger partial charge on any atom is -0.374 e. The summed E-state index contributed by atoms with van der Waals surface area (Å²) in [5.74, 6) is -1.65. The van der Waals surface area contributed by atoms with E-state index in [0.717, 1.165) is 30.0 Å². The third-order valence-corrected chi connectivity index (χ3v) is 8.48. The van der Waals surface area contributed by atoms with Gasteiger partial charge in [-0.3, -0.25) is 4.57 Å². The van der Waals surface area contributed by atoms with Gasteiger partial charge in [-0.25, -0.2) is 13.6 Å². The van der Waals surface area contributed by atoms with Crippen LogP contribution in [0.25, 0.3) is 22.0 Å². The highest BCUT2D eigenvalue weighted by Crippen LogP contribution is 2.48. The molecule has 0 radical (unpaired) electrons. The molecule has 3 atom stereocenters. The van der Waals surface area contributed by atoms with Gasteiger partial charge in [0.1, 0.15) is 17.5 Å². The Bertz CT molecular complexity index is 1500. The second kappa shape index (κ2) is 11.5. The van der Waals surface area contributed by atoms with Crippen LogP contribution in [0, 0.1) is 11.6 Å². The number of anilines is 1. The zero-order valence-corrected chi connectivity index (χ0v) is 24.0. The summed E-state index contributed by atoms with van der Waals surface area (Å²) >= 11 is 1.08. The summed E-state index contributed by atoms with van der Waals surface area (Å²) in [7, 11) is 3.77. The van der Waals surface area contributed by atoms with E-state index in [1.807, 2.05) is 37.7 Å². The van der Waals surface area contributed by atoms with Crippen molar-refractivity contribution in [2.24, 2.45) is 0 Å². The number of halogens is 5. The molecule has 222 valence electrons. The van der Waals surface area contributed by atoms with Crippen LogP contribution in [-0.2, 0) is 17.5 Å². The van der Waals surface area contributed by atoms with E-state index in [9.17, 15) is 22.4 Å². The van der Waals surface area contributed by atoms with Crippen LogP contribution >= 0.6 is 11.8 Å². The van der Waals surface area contributed by atoms with Crippen molar-refractivity contribution >= 4 is 28.5 Å². The smallest absolute Gasteiger partial charge is 0.374 e. The molecule has 13 heteroatoms. The molecule has 5 rings (SSSR count). The monoisotopic (exact) mass is 597 g/mol. The second-order valence-corrected chi connectivity index (χ2v) is 12.0. The number of nitrogens with zero attached hydrogens (tertiary/aromatic N) is 4. The van der Waals surface area contributed by atoms with Crippen LogP contribution in [0.1, 0.15) is 19.4 Å². The van der Waals surface area contributed by atoms with Gasteiger partial charge >= 0.3 is 11.9 Å². The van der Waals surface area contributed by atoms with Gasteiger partial charge < -0.3 is 19.9 Å². The van der Waals surface area contributed by atoms with Gasteiger partial charge in [-0.2, -0.15) is 18.2 Å². The number of alkyl halides is 3. The number of hydrogen-bond acceptors (Lipinski definition) is 7. The highest BCUT2D eigenvalue weighted by molar-refractivity contribution is 7.99. The van der Waals surface area contributed by atoms with Gasteiger partial charge in [0.25, 0.3) is 0 Å². The maximum Gasteiger partial charge on any atom is 0.417 e. The molecule has 0 aliphatic carbocycles. The largest absolute Gasteiger partial charge is 0.417 e. The summed E-state index contributed by atoms with van der Waals surface area (Å²) in [5.41, 5.74) is -2.27. The number of hydrogen-bond donors (Lipinski definition) is 1. The second-order valence-electron chi connectivity index (χ2n) is 11.0. The van der Waals surface area contributed by atoms with Gasteiger partial charge in [0.05, 0.1) is 30.3 Å². The average molecular weight is 598 g/mol. The lowest BCUT2D eigenvalue weighted by molar-refractivity contribution is -0.137. The molecule has 7 nitrogen and oxygen atoms in total. The van der Waals surface area contributed by atoms with E-state index < -0.39 is 46.3 Å². The third kappa shape index (κ3) is 6.08. The Hall–Kier alpha value is -2.74. The molecule has 1 aromatic heterocycles. The lowest BCUT2D eigenvalue weighted by Crippen LogP contribution is -2.55. The van der Waals surface area contributed by atoms with Gasteiger partial charge in [0, 0.05) is 64.9 Å². The normalized spacial score (nSPS) is 21.5. The number of nitrogens with one attached hydrogen (secondary N) is 1. The number of rotatable bonds is 6. The van der Waals surface area contributed by atoms with Crippen LogP contribution in [0.3, 0.4) is 0 Å². The first-order valence-corrected chi connectivity index (χ1v) is 14.4. The first kappa shape index (κ1) is 29.7. The standard InChI is InChI=1S/C28H32F5N5O2S/c1-15-11-37(12-16(2)34-15)26-20-10-21(28(31,32)33)23(19-6-5-17(29)9-22(19)30)25-24(20)38(27(39)35-26)13-18(14-41-25)40-8-7-36(3)4/h5-6,9-10,15-16,18,34H,7-8,11-14H2,1-4H3/t15-,16+,18-/m0/s1. The number of ether oxygens (including phenoxy) is 1. The molecule has 41 heavy (non-hydrogen) atoms. The van der Waals surface area contributed by atoms with E-state index in [1.54, 1.807) is 0 Å². The number of likely N-dealkylation sites (N-methyl/N-ethyl adjacent to an activating group) is 1. The molecule has 2 aromatic carbocycles. The van der Waals surface area contributed by atoms with Crippen LogP contribution < -0.4 is 15.9 Å². The van der Waals surface area contributed by atoms with Crippen molar-refractivity contribution in [2.45, 2.75) is 49.7 Å². The summed E-state index contributed by atoms with van der Waals surface area (Å²) in [6.07, 6.45) is -5.39. The molecule has 2 aliphatic heterocycles. The molecule has 1 saturated heterocycles. The zero-order valence-electron chi connectivity index (χ0n) is 23.2. The predicted molar refractivity (Wildman–Crippen MR) is 150 cm³/mol. The fourth-order valence-corrected chi connectivity index (χ4v) is 6.84.